The summed E-state index contributed by atoms with van der Waals surface area (Å²) in [5, 5.41) is 3.40. The van der Waals surface area contributed by atoms with Crippen molar-refractivity contribution in [2.24, 2.45) is 0 Å². The minimum absolute atomic E-state index is 1.14. The van der Waals surface area contributed by atoms with Gasteiger partial charge in [-0.25, -0.2) is 0 Å². The number of hydrogen-bond donors (Lipinski definition) is 1. The van der Waals surface area contributed by atoms with Gasteiger partial charge in [-0.2, -0.15) is 0 Å². The lowest BCUT2D eigenvalue weighted by molar-refractivity contribution is 0.613. The van der Waals surface area contributed by atoms with Crippen molar-refractivity contribution in [2.45, 2.75) is 46.0 Å². The second kappa shape index (κ2) is 8.79. The van der Waals surface area contributed by atoms with Crippen molar-refractivity contribution in [1.29, 1.82) is 0 Å². The fraction of sp³-hybridized carbons (Fsp3) is 0.818. The smallest absolute Gasteiger partial charge is 0.00488 e. The van der Waals surface area contributed by atoms with E-state index >= 15 is 0 Å². The fourth-order valence-corrected chi connectivity index (χ4v) is 1.10. The molecule has 0 aliphatic carbocycles. The summed E-state index contributed by atoms with van der Waals surface area (Å²) in [5.74, 6) is 0. The molecule has 0 heterocycles. The Balaban J connectivity index is 2.95. The Hall–Kier alpha value is -0.300. The van der Waals surface area contributed by atoms with Crippen LogP contribution in [0.5, 0.6) is 0 Å². The second-order valence-corrected chi connectivity index (χ2v) is 3.31. The number of nitrogens with one attached hydrogen (secondary N) is 1. The van der Waals surface area contributed by atoms with Gasteiger partial charge < -0.3 is 5.32 Å². The van der Waals surface area contributed by atoms with E-state index in [1.807, 2.05) is 0 Å². The van der Waals surface area contributed by atoms with Gasteiger partial charge in [0.15, 0.2) is 0 Å². The zero-order valence-electron chi connectivity index (χ0n) is 8.66. The molecule has 0 radical (unpaired) electrons. The molecule has 0 saturated heterocycles. The molecule has 1 heteroatoms. The largest absolute Gasteiger partial charge is 0.317 e. The van der Waals surface area contributed by atoms with Crippen LogP contribution in [0.25, 0.3) is 0 Å². The highest BCUT2D eigenvalue weighted by atomic mass is 14.8. The van der Waals surface area contributed by atoms with Crippen molar-refractivity contribution < 1.29 is 0 Å². The minimum Gasteiger partial charge on any atom is -0.317 e. The minimum atomic E-state index is 1.14. The third-order valence-electron chi connectivity index (χ3n) is 2.06. The van der Waals surface area contributed by atoms with Crippen molar-refractivity contribution in [3.63, 3.8) is 0 Å². The Labute approximate surface area is 77.2 Å². The van der Waals surface area contributed by atoms with Gasteiger partial charge in [-0.3, -0.25) is 0 Å². The fourth-order valence-electron chi connectivity index (χ4n) is 1.10. The maximum Gasteiger partial charge on any atom is -0.00488 e. The average molecular weight is 169 g/mol. The number of allylic oxidation sites excluding steroid dienone is 1. The molecule has 0 aromatic rings. The van der Waals surface area contributed by atoms with E-state index in [0.717, 1.165) is 13.0 Å². The molecule has 0 atom stereocenters. The molecular formula is C11H23N. The number of rotatable bonds is 8. The molecular weight excluding hydrogens is 146 g/mol. The van der Waals surface area contributed by atoms with E-state index < -0.39 is 0 Å². The summed E-state index contributed by atoms with van der Waals surface area (Å²) in [4.78, 5) is 0. The zero-order valence-corrected chi connectivity index (χ0v) is 8.66. The normalized spacial score (nSPS) is 10.2. The van der Waals surface area contributed by atoms with E-state index in [0.29, 0.717) is 0 Å². The van der Waals surface area contributed by atoms with Crippen LogP contribution < -0.4 is 5.32 Å². The summed E-state index contributed by atoms with van der Waals surface area (Å²) in [6, 6.07) is 0. The van der Waals surface area contributed by atoms with E-state index in [2.05, 4.69) is 25.7 Å². The summed E-state index contributed by atoms with van der Waals surface area (Å²) >= 11 is 0. The SMILES string of the molecule is C=C(CC)CCCCNCCC. The van der Waals surface area contributed by atoms with Gasteiger partial charge in [0.2, 0.25) is 0 Å². The quantitative estimate of drug-likeness (QED) is 0.435. The molecule has 0 aromatic carbocycles. The van der Waals surface area contributed by atoms with Crippen LogP contribution in [0, 0.1) is 0 Å². The maximum absolute atomic E-state index is 3.99. The highest BCUT2D eigenvalue weighted by Crippen LogP contribution is 2.07. The van der Waals surface area contributed by atoms with E-state index in [-0.39, 0.29) is 0 Å². The lowest BCUT2D eigenvalue weighted by atomic mass is 10.1. The van der Waals surface area contributed by atoms with Gasteiger partial charge in [0.05, 0.1) is 0 Å². The molecule has 0 aromatic heterocycles. The predicted molar refractivity (Wildman–Crippen MR) is 56.4 cm³/mol. The Bertz CT molecular complexity index is 108. The molecule has 0 rings (SSSR count). The van der Waals surface area contributed by atoms with Crippen LogP contribution in [-0.2, 0) is 0 Å². The standard InChI is InChI=1S/C11H23N/c1-4-9-12-10-7-6-8-11(3)5-2/h12H,3-10H2,1-2H3. The average Bonchev–Trinajstić information content (AvgIpc) is 2.10. The van der Waals surface area contributed by atoms with Crippen LogP contribution >= 0.6 is 0 Å². The van der Waals surface area contributed by atoms with Crippen molar-refractivity contribution in [1.82, 2.24) is 5.32 Å². The van der Waals surface area contributed by atoms with Crippen molar-refractivity contribution >= 4 is 0 Å². The van der Waals surface area contributed by atoms with E-state index in [1.165, 1.54) is 37.8 Å². The number of unbranched alkanes of at least 4 members (excludes halogenated alkanes) is 1. The van der Waals surface area contributed by atoms with Crippen LogP contribution in [0.4, 0.5) is 0 Å². The highest BCUT2D eigenvalue weighted by Gasteiger charge is 1.91. The van der Waals surface area contributed by atoms with Crippen LogP contribution in [0.15, 0.2) is 12.2 Å². The number of hydrogen-bond acceptors (Lipinski definition) is 1. The van der Waals surface area contributed by atoms with Gasteiger partial charge in [0, 0.05) is 0 Å². The molecule has 0 amide bonds. The van der Waals surface area contributed by atoms with Crippen LogP contribution in [0.3, 0.4) is 0 Å². The molecule has 72 valence electrons. The molecule has 0 bridgehead atoms. The summed E-state index contributed by atoms with van der Waals surface area (Å²) in [6.45, 7) is 10.7. The summed E-state index contributed by atoms with van der Waals surface area (Å²) in [7, 11) is 0. The summed E-state index contributed by atoms with van der Waals surface area (Å²) in [5.41, 5.74) is 1.39. The molecule has 0 saturated carbocycles. The molecule has 1 nitrogen and oxygen atoms in total. The Morgan fingerprint density at radius 1 is 1.17 bits per heavy atom. The van der Waals surface area contributed by atoms with Crippen LogP contribution in [0.2, 0.25) is 0 Å². The Kier molecular flexibility index (Phi) is 8.57. The van der Waals surface area contributed by atoms with Gasteiger partial charge in [0.1, 0.15) is 0 Å². The van der Waals surface area contributed by atoms with Crippen molar-refractivity contribution in [3.8, 4) is 0 Å². The molecule has 0 unspecified atom stereocenters. The molecule has 0 spiro atoms. The third kappa shape index (κ3) is 7.80. The third-order valence-corrected chi connectivity index (χ3v) is 2.06. The van der Waals surface area contributed by atoms with E-state index in [9.17, 15) is 0 Å². The molecule has 0 aliphatic heterocycles. The second-order valence-electron chi connectivity index (χ2n) is 3.31. The van der Waals surface area contributed by atoms with Crippen LogP contribution in [0.1, 0.15) is 46.0 Å². The predicted octanol–water partition coefficient (Wildman–Crippen LogP) is 3.12. The zero-order chi connectivity index (χ0) is 9.23. The first kappa shape index (κ1) is 11.7. The lowest BCUT2D eigenvalue weighted by Crippen LogP contribution is -2.15. The van der Waals surface area contributed by atoms with Crippen molar-refractivity contribution in [3.05, 3.63) is 12.2 Å². The summed E-state index contributed by atoms with van der Waals surface area (Å²) < 4.78 is 0. The first-order valence-corrected chi connectivity index (χ1v) is 5.18. The van der Waals surface area contributed by atoms with Gasteiger partial charge in [-0.15, -0.1) is 0 Å². The van der Waals surface area contributed by atoms with E-state index in [1.54, 1.807) is 0 Å². The van der Waals surface area contributed by atoms with Crippen LogP contribution in [-0.4, -0.2) is 13.1 Å². The maximum atomic E-state index is 3.99. The molecule has 0 aliphatic rings. The topological polar surface area (TPSA) is 12.0 Å². The van der Waals surface area contributed by atoms with Gasteiger partial charge in [0.25, 0.3) is 0 Å². The summed E-state index contributed by atoms with van der Waals surface area (Å²) in [6.07, 6.45) is 6.18. The van der Waals surface area contributed by atoms with Crippen molar-refractivity contribution in [2.75, 3.05) is 13.1 Å². The Morgan fingerprint density at radius 3 is 2.50 bits per heavy atom. The van der Waals surface area contributed by atoms with E-state index in [4.69, 9.17) is 0 Å². The molecule has 12 heavy (non-hydrogen) atoms. The highest BCUT2D eigenvalue weighted by molar-refractivity contribution is 4.91. The van der Waals surface area contributed by atoms with Gasteiger partial charge in [-0.1, -0.05) is 26.0 Å². The first-order chi connectivity index (χ1) is 5.81. The monoisotopic (exact) mass is 169 g/mol. The molecule has 1 N–H and O–H groups in total. The molecule has 0 fully saturated rings. The Morgan fingerprint density at radius 2 is 1.92 bits per heavy atom. The van der Waals surface area contributed by atoms with Gasteiger partial charge >= 0.3 is 0 Å². The first-order valence-electron chi connectivity index (χ1n) is 5.18. The van der Waals surface area contributed by atoms with Gasteiger partial charge in [-0.05, 0) is 45.2 Å². The lowest BCUT2D eigenvalue weighted by Gasteiger charge is -2.03.